The monoisotopic (exact) mass is 226 g/mol. The predicted octanol–water partition coefficient (Wildman–Crippen LogP) is 4.35. The Morgan fingerprint density at radius 3 is 2.00 bits per heavy atom. The molecule has 1 aromatic rings. The van der Waals surface area contributed by atoms with E-state index in [0.29, 0.717) is 0 Å². The number of rotatable bonds is 3. The van der Waals surface area contributed by atoms with Gasteiger partial charge in [0.2, 0.25) is 0 Å². The maximum Gasteiger partial charge on any atom is 0.0175 e. The van der Waals surface area contributed by atoms with E-state index in [2.05, 4.69) is 54.0 Å². The molecule has 0 spiro atoms. The third-order valence-corrected chi connectivity index (χ3v) is 2.86. The van der Waals surface area contributed by atoms with E-state index in [0.717, 1.165) is 10.4 Å². The fourth-order valence-electron chi connectivity index (χ4n) is 1.50. The normalized spacial score (nSPS) is 10.7. The molecule has 1 aromatic carbocycles. The largest absolute Gasteiger partial charge is 0.0648 e. The van der Waals surface area contributed by atoms with Crippen LogP contribution in [0.1, 0.15) is 38.2 Å². The molecule has 0 aliphatic heterocycles. The fourth-order valence-corrected chi connectivity index (χ4v) is 1.76. The zero-order valence-corrected chi connectivity index (χ0v) is 9.26. The van der Waals surface area contributed by atoms with Crippen molar-refractivity contribution in [3.63, 3.8) is 0 Å². The van der Waals surface area contributed by atoms with Crippen LogP contribution in [0.15, 0.2) is 28.7 Å². The van der Waals surface area contributed by atoms with Gasteiger partial charge in [-0.1, -0.05) is 41.9 Å². The molecule has 0 unspecified atom stereocenters. The van der Waals surface area contributed by atoms with Gasteiger partial charge in [-0.05, 0) is 36.5 Å². The molecule has 0 radical (unpaired) electrons. The Labute approximate surface area is 83.1 Å². The Hall–Kier alpha value is -0.300. The molecule has 1 heteroatoms. The summed E-state index contributed by atoms with van der Waals surface area (Å²) >= 11 is 3.44. The number of hydrogen-bond donors (Lipinski definition) is 0. The summed E-state index contributed by atoms with van der Waals surface area (Å²) in [5.74, 6) is 0.734. The molecular formula is C11H15Br. The minimum atomic E-state index is 0.734. The van der Waals surface area contributed by atoms with Crippen molar-refractivity contribution < 1.29 is 0 Å². The third-order valence-electron chi connectivity index (χ3n) is 2.33. The van der Waals surface area contributed by atoms with Gasteiger partial charge in [0, 0.05) is 4.47 Å². The van der Waals surface area contributed by atoms with Crippen molar-refractivity contribution >= 4 is 15.9 Å². The summed E-state index contributed by atoms with van der Waals surface area (Å²) < 4.78 is 1.16. The average Bonchev–Trinajstić information content (AvgIpc) is 2.10. The minimum Gasteiger partial charge on any atom is -0.0648 e. The molecule has 0 atom stereocenters. The van der Waals surface area contributed by atoms with Gasteiger partial charge in [-0.25, -0.2) is 0 Å². The molecular weight excluding hydrogens is 212 g/mol. The maximum atomic E-state index is 3.44. The molecule has 0 aliphatic carbocycles. The Kier molecular flexibility index (Phi) is 3.80. The van der Waals surface area contributed by atoms with Crippen LogP contribution in [0, 0.1) is 0 Å². The fraction of sp³-hybridized carbons (Fsp3) is 0.455. The van der Waals surface area contributed by atoms with Gasteiger partial charge in [-0.15, -0.1) is 0 Å². The highest BCUT2D eigenvalue weighted by molar-refractivity contribution is 9.10. The van der Waals surface area contributed by atoms with E-state index in [1.165, 1.54) is 18.4 Å². The molecule has 0 heterocycles. The molecule has 0 bridgehead atoms. The van der Waals surface area contributed by atoms with E-state index in [4.69, 9.17) is 0 Å². The highest BCUT2D eigenvalue weighted by Crippen LogP contribution is 2.23. The Morgan fingerprint density at radius 1 is 1.08 bits per heavy atom. The molecule has 0 amide bonds. The zero-order valence-electron chi connectivity index (χ0n) is 7.68. The van der Waals surface area contributed by atoms with E-state index in [1.54, 1.807) is 0 Å². The predicted molar refractivity (Wildman–Crippen MR) is 57.5 cm³/mol. The highest BCUT2D eigenvalue weighted by Gasteiger charge is 2.05. The van der Waals surface area contributed by atoms with Crippen LogP contribution >= 0.6 is 15.9 Å². The van der Waals surface area contributed by atoms with Crippen LogP contribution in [0.2, 0.25) is 0 Å². The SMILES string of the molecule is CCC(CC)c1ccc(Br)cc1. The van der Waals surface area contributed by atoms with E-state index in [1.807, 2.05) is 0 Å². The summed E-state index contributed by atoms with van der Waals surface area (Å²) in [4.78, 5) is 0. The highest BCUT2D eigenvalue weighted by atomic mass is 79.9. The summed E-state index contributed by atoms with van der Waals surface area (Å²) in [5, 5.41) is 0. The Bertz CT molecular complexity index is 221. The van der Waals surface area contributed by atoms with Gasteiger partial charge in [0.25, 0.3) is 0 Å². The first-order valence-corrected chi connectivity index (χ1v) is 5.32. The number of hydrogen-bond acceptors (Lipinski definition) is 0. The summed E-state index contributed by atoms with van der Waals surface area (Å²) in [6, 6.07) is 8.66. The second kappa shape index (κ2) is 4.66. The lowest BCUT2D eigenvalue weighted by atomic mass is 9.94. The molecule has 0 saturated carbocycles. The van der Waals surface area contributed by atoms with Crippen molar-refractivity contribution in [1.82, 2.24) is 0 Å². The van der Waals surface area contributed by atoms with Crippen LogP contribution in [0.3, 0.4) is 0 Å². The second-order valence-corrected chi connectivity index (χ2v) is 3.98. The topological polar surface area (TPSA) is 0 Å². The molecule has 0 saturated heterocycles. The molecule has 0 aliphatic rings. The van der Waals surface area contributed by atoms with Crippen molar-refractivity contribution in [2.24, 2.45) is 0 Å². The molecule has 1 rings (SSSR count). The Balaban J connectivity index is 2.80. The van der Waals surface area contributed by atoms with Crippen LogP contribution in [0.5, 0.6) is 0 Å². The minimum absolute atomic E-state index is 0.734. The van der Waals surface area contributed by atoms with Crippen LogP contribution < -0.4 is 0 Å². The zero-order chi connectivity index (χ0) is 8.97. The van der Waals surface area contributed by atoms with Crippen molar-refractivity contribution in [2.75, 3.05) is 0 Å². The van der Waals surface area contributed by atoms with Gasteiger partial charge < -0.3 is 0 Å². The van der Waals surface area contributed by atoms with E-state index in [9.17, 15) is 0 Å². The molecule has 0 N–H and O–H groups in total. The van der Waals surface area contributed by atoms with Gasteiger partial charge in [-0.3, -0.25) is 0 Å². The van der Waals surface area contributed by atoms with Crippen molar-refractivity contribution in [3.8, 4) is 0 Å². The summed E-state index contributed by atoms with van der Waals surface area (Å²) in [7, 11) is 0. The van der Waals surface area contributed by atoms with Crippen molar-refractivity contribution in [1.29, 1.82) is 0 Å². The van der Waals surface area contributed by atoms with Crippen molar-refractivity contribution in [3.05, 3.63) is 34.3 Å². The molecule has 0 nitrogen and oxygen atoms in total. The molecule has 66 valence electrons. The van der Waals surface area contributed by atoms with E-state index >= 15 is 0 Å². The first-order chi connectivity index (χ1) is 5.77. The lowest BCUT2D eigenvalue weighted by Gasteiger charge is -2.12. The first kappa shape index (κ1) is 9.79. The standard InChI is InChI=1S/C11H15Br/c1-3-9(4-2)10-5-7-11(12)8-6-10/h5-9H,3-4H2,1-2H3. The van der Waals surface area contributed by atoms with Gasteiger partial charge in [0.1, 0.15) is 0 Å². The van der Waals surface area contributed by atoms with Crippen molar-refractivity contribution in [2.45, 2.75) is 32.6 Å². The summed E-state index contributed by atoms with van der Waals surface area (Å²) in [6.07, 6.45) is 2.47. The lowest BCUT2D eigenvalue weighted by Crippen LogP contribution is -1.94. The van der Waals surface area contributed by atoms with Gasteiger partial charge in [0.15, 0.2) is 0 Å². The first-order valence-electron chi connectivity index (χ1n) is 4.53. The van der Waals surface area contributed by atoms with Crippen LogP contribution in [0.25, 0.3) is 0 Å². The quantitative estimate of drug-likeness (QED) is 0.719. The van der Waals surface area contributed by atoms with Crippen LogP contribution in [-0.4, -0.2) is 0 Å². The van der Waals surface area contributed by atoms with E-state index in [-0.39, 0.29) is 0 Å². The molecule has 0 fully saturated rings. The van der Waals surface area contributed by atoms with Crippen LogP contribution in [0.4, 0.5) is 0 Å². The van der Waals surface area contributed by atoms with Gasteiger partial charge >= 0.3 is 0 Å². The van der Waals surface area contributed by atoms with E-state index < -0.39 is 0 Å². The van der Waals surface area contributed by atoms with Gasteiger partial charge in [0.05, 0.1) is 0 Å². The lowest BCUT2D eigenvalue weighted by molar-refractivity contribution is 0.642. The summed E-state index contributed by atoms with van der Waals surface area (Å²) in [6.45, 7) is 4.49. The molecule has 12 heavy (non-hydrogen) atoms. The average molecular weight is 227 g/mol. The smallest absolute Gasteiger partial charge is 0.0175 e. The maximum absolute atomic E-state index is 3.44. The second-order valence-electron chi connectivity index (χ2n) is 3.06. The Morgan fingerprint density at radius 2 is 1.58 bits per heavy atom. The third kappa shape index (κ3) is 2.34. The van der Waals surface area contributed by atoms with Gasteiger partial charge in [-0.2, -0.15) is 0 Å². The number of halogens is 1. The van der Waals surface area contributed by atoms with Crippen LogP contribution in [-0.2, 0) is 0 Å². The molecule has 0 aromatic heterocycles. The summed E-state index contributed by atoms with van der Waals surface area (Å²) in [5.41, 5.74) is 1.46. The number of benzene rings is 1.